The van der Waals surface area contributed by atoms with Crippen molar-refractivity contribution in [2.75, 3.05) is 19.3 Å². The summed E-state index contributed by atoms with van der Waals surface area (Å²) >= 11 is 1.47. The molecule has 0 radical (unpaired) electrons. The van der Waals surface area contributed by atoms with Gasteiger partial charge in [0.15, 0.2) is 0 Å². The predicted molar refractivity (Wildman–Crippen MR) is 103 cm³/mol. The van der Waals surface area contributed by atoms with Crippen molar-refractivity contribution in [3.05, 3.63) is 23.8 Å². The van der Waals surface area contributed by atoms with Gasteiger partial charge in [-0.15, -0.1) is 11.8 Å². The van der Waals surface area contributed by atoms with Gasteiger partial charge in [0.25, 0.3) is 5.91 Å². The Labute approximate surface area is 155 Å². The maximum atomic E-state index is 13.0. The normalized spacial score (nSPS) is 17.2. The Morgan fingerprint density at radius 2 is 1.88 bits per heavy atom. The maximum absolute atomic E-state index is 13.0. The third-order valence-electron chi connectivity index (χ3n) is 4.57. The molecule has 1 amide bonds. The number of hydrogen-bond acceptors (Lipinski definition) is 4. The van der Waals surface area contributed by atoms with Crippen molar-refractivity contribution >= 4 is 27.7 Å². The molecule has 5 nitrogen and oxygen atoms in total. The highest BCUT2D eigenvalue weighted by molar-refractivity contribution is 7.98. The summed E-state index contributed by atoms with van der Waals surface area (Å²) in [5, 5.41) is 0. The van der Waals surface area contributed by atoms with E-state index in [4.69, 9.17) is 0 Å². The van der Waals surface area contributed by atoms with Crippen LogP contribution < -0.4 is 4.72 Å². The number of carbonyl (C=O) groups excluding carboxylic acids is 1. The fraction of sp³-hybridized carbons (Fsp3) is 0.611. The third kappa shape index (κ3) is 5.21. The molecule has 0 bridgehead atoms. The highest BCUT2D eigenvalue weighted by atomic mass is 32.2. The Balaban J connectivity index is 2.34. The largest absolute Gasteiger partial charge is 0.339 e. The van der Waals surface area contributed by atoms with Crippen molar-refractivity contribution < 1.29 is 13.2 Å². The minimum absolute atomic E-state index is 0.0631. The number of amides is 1. The third-order valence-corrected chi connectivity index (χ3v) is 6.96. The van der Waals surface area contributed by atoms with Crippen molar-refractivity contribution in [3.8, 4) is 0 Å². The molecule has 140 valence electrons. The van der Waals surface area contributed by atoms with E-state index in [-0.39, 0.29) is 16.8 Å². The van der Waals surface area contributed by atoms with Gasteiger partial charge in [0.1, 0.15) is 0 Å². The molecule has 0 spiro atoms. The summed E-state index contributed by atoms with van der Waals surface area (Å²) in [6.45, 7) is 5.25. The van der Waals surface area contributed by atoms with Gasteiger partial charge >= 0.3 is 0 Å². The lowest BCUT2D eigenvalue weighted by Crippen LogP contribution is -2.33. The van der Waals surface area contributed by atoms with Crippen LogP contribution in [0.5, 0.6) is 0 Å². The molecular formula is C18H28N2O3S2. The number of sulfonamides is 1. The quantitative estimate of drug-likeness (QED) is 0.762. The molecule has 1 fully saturated rings. The van der Waals surface area contributed by atoms with Crippen molar-refractivity contribution in [3.63, 3.8) is 0 Å². The smallest absolute Gasteiger partial charge is 0.255 e. The molecule has 1 unspecified atom stereocenters. The van der Waals surface area contributed by atoms with E-state index in [1.54, 1.807) is 12.1 Å². The SMILES string of the molecule is CCC(C)NS(=O)(=O)c1ccc(SC)c(C(=O)N2CCCCCC2)c1. The molecule has 1 aliphatic rings. The molecule has 1 atom stereocenters. The van der Waals surface area contributed by atoms with E-state index in [1.807, 2.05) is 25.0 Å². The second-order valence-electron chi connectivity index (χ2n) is 6.50. The fourth-order valence-corrected chi connectivity index (χ4v) is 4.80. The van der Waals surface area contributed by atoms with Crippen LogP contribution in [0.2, 0.25) is 0 Å². The molecule has 25 heavy (non-hydrogen) atoms. The lowest BCUT2D eigenvalue weighted by Gasteiger charge is -2.22. The molecule has 1 aliphatic heterocycles. The molecule has 1 N–H and O–H groups in total. The van der Waals surface area contributed by atoms with Gasteiger partial charge in [0.05, 0.1) is 10.5 Å². The summed E-state index contributed by atoms with van der Waals surface area (Å²) in [5.74, 6) is -0.0631. The minimum atomic E-state index is -3.62. The molecule has 2 rings (SSSR count). The number of benzene rings is 1. The number of hydrogen-bond donors (Lipinski definition) is 1. The van der Waals surface area contributed by atoms with Gasteiger partial charge in [0.2, 0.25) is 10.0 Å². The first-order valence-corrected chi connectivity index (χ1v) is 11.6. The number of carbonyl (C=O) groups is 1. The predicted octanol–water partition coefficient (Wildman–Crippen LogP) is 3.50. The first-order chi connectivity index (χ1) is 11.9. The van der Waals surface area contributed by atoms with Crippen LogP contribution in [-0.4, -0.2) is 44.6 Å². The number of rotatable bonds is 6. The van der Waals surface area contributed by atoms with E-state index in [0.29, 0.717) is 12.0 Å². The average molecular weight is 385 g/mol. The zero-order chi connectivity index (χ0) is 18.4. The van der Waals surface area contributed by atoms with Crippen LogP contribution in [-0.2, 0) is 10.0 Å². The molecule has 1 aromatic rings. The van der Waals surface area contributed by atoms with Crippen LogP contribution in [0.25, 0.3) is 0 Å². The van der Waals surface area contributed by atoms with Gasteiger partial charge in [-0.05, 0) is 50.6 Å². The van der Waals surface area contributed by atoms with Gasteiger partial charge in [-0.3, -0.25) is 4.79 Å². The van der Waals surface area contributed by atoms with Gasteiger partial charge in [0, 0.05) is 24.0 Å². The molecule has 0 aromatic heterocycles. The van der Waals surface area contributed by atoms with Crippen molar-refractivity contribution in [1.82, 2.24) is 9.62 Å². The molecule has 1 saturated heterocycles. The molecule has 0 aliphatic carbocycles. The standard InChI is InChI=1S/C18H28N2O3S2/c1-4-14(2)19-25(22,23)15-9-10-17(24-3)16(13-15)18(21)20-11-7-5-6-8-12-20/h9-10,13-14,19H,4-8,11-12H2,1-3H3. The molecular weight excluding hydrogens is 356 g/mol. The lowest BCUT2D eigenvalue weighted by atomic mass is 10.2. The maximum Gasteiger partial charge on any atom is 0.255 e. The zero-order valence-corrected chi connectivity index (χ0v) is 16.9. The lowest BCUT2D eigenvalue weighted by molar-refractivity contribution is 0.0758. The Hall–Kier alpha value is -1.05. The second kappa shape index (κ2) is 9.05. The first kappa shape index (κ1) is 20.3. The molecule has 7 heteroatoms. The van der Waals surface area contributed by atoms with Gasteiger partial charge < -0.3 is 4.90 Å². The van der Waals surface area contributed by atoms with Gasteiger partial charge in [-0.1, -0.05) is 19.8 Å². The van der Waals surface area contributed by atoms with Crippen LogP contribution in [0.3, 0.4) is 0 Å². The van der Waals surface area contributed by atoms with Crippen LogP contribution in [0.1, 0.15) is 56.3 Å². The van der Waals surface area contributed by atoms with Crippen LogP contribution in [0.4, 0.5) is 0 Å². The van der Waals surface area contributed by atoms with E-state index in [9.17, 15) is 13.2 Å². The van der Waals surface area contributed by atoms with Crippen LogP contribution in [0, 0.1) is 0 Å². The summed E-state index contributed by atoms with van der Waals surface area (Å²) in [6, 6.07) is 4.70. The van der Waals surface area contributed by atoms with E-state index < -0.39 is 10.0 Å². The van der Waals surface area contributed by atoms with E-state index in [2.05, 4.69) is 4.72 Å². The average Bonchev–Trinajstić information content (AvgIpc) is 2.89. The Bertz CT molecular complexity index is 696. The molecule has 0 saturated carbocycles. The number of nitrogens with one attached hydrogen (secondary N) is 1. The summed E-state index contributed by atoms with van der Waals surface area (Å²) in [4.78, 5) is 15.8. The second-order valence-corrected chi connectivity index (χ2v) is 9.06. The molecule has 1 aromatic carbocycles. The fourth-order valence-electron chi connectivity index (χ4n) is 2.88. The summed E-state index contributed by atoms with van der Waals surface area (Å²) in [7, 11) is -3.62. The minimum Gasteiger partial charge on any atom is -0.339 e. The Kier molecular flexibility index (Phi) is 7.34. The zero-order valence-electron chi connectivity index (χ0n) is 15.2. The van der Waals surface area contributed by atoms with Crippen molar-refractivity contribution in [2.24, 2.45) is 0 Å². The summed E-state index contributed by atoms with van der Waals surface area (Å²) in [5.41, 5.74) is 0.487. The number of nitrogens with zero attached hydrogens (tertiary/aromatic N) is 1. The Morgan fingerprint density at radius 1 is 1.24 bits per heavy atom. The van der Waals surface area contributed by atoms with Crippen LogP contribution >= 0.6 is 11.8 Å². The van der Waals surface area contributed by atoms with E-state index >= 15 is 0 Å². The summed E-state index contributed by atoms with van der Waals surface area (Å²) < 4.78 is 27.8. The Morgan fingerprint density at radius 3 is 2.44 bits per heavy atom. The van der Waals surface area contributed by atoms with E-state index in [0.717, 1.165) is 43.7 Å². The van der Waals surface area contributed by atoms with Crippen molar-refractivity contribution in [2.45, 2.75) is 61.8 Å². The highest BCUT2D eigenvalue weighted by Crippen LogP contribution is 2.26. The monoisotopic (exact) mass is 384 g/mol. The van der Waals surface area contributed by atoms with Gasteiger partial charge in [-0.2, -0.15) is 0 Å². The number of likely N-dealkylation sites (tertiary alicyclic amines) is 1. The highest BCUT2D eigenvalue weighted by Gasteiger charge is 2.24. The van der Waals surface area contributed by atoms with Gasteiger partial charge in [-0.25, -0.2) is 13.1 Å². The summed E-state index contributed by atoms with van der Waals surface area (Å²) in [6.07, 6.45) is 6.92. The number of thioether (sulfide) groups is 1. The first-order valence-electron chi connectivity index (χ1n) is 8.88. The van der Waals surface area contributed by atoms with E-state index in [1.165, 1.54) is 17.8 Å². The van der Waals surface area contributed by atoms with Crippen LogP contribution in [0.15, 0.2) is 28.0 Å². The topological polar surface area (TPSA) is 66.5 Å². The molecule has 1 heterocycles. The van der Waals surface area contributed by atoms with Crippen molar-refractivity contribution in [1.29, 1.82) is 0 Å².